The highest BCUT2D eigenvalue weighted by molar-refractivity contribution is 6.16. The highest BCUT2D eigenvalue weighted by atomic mass is 35.5. The fourth-order valence-corrected chi connectivity index (χ4v) is 1.14. The molecule has 0 radical (unpaired) electrons. The number of nitrogens with zero attached hydrogens (tertiary/aromatic N) is 3. The Bertz CT molecular complexity index is 453. The Labute approximate surface area is 91.6 Å². The van der Waals surface area contributed by atoms with Gasteiger partial charge in [-0.2, -0.15) is 4.98 Å². The van der Waals surface area contributed by atoms with E-state index in [1.165, 1.54) is 0 Å². The summed E-state index contributed by atoms with van der Waals surface area (Å²) in [5.41, 5.74) is 0.975. The van der Waals surface area contributed by atoms with Crippen molar-refractivity contribution in [2.75, 3.05) is 0 Å². The van der Waals surface area contributed by atoms with E-state index in [9.17, 15) is 0 Å². The van der Waals surface area contributed by atoms with Gasteiger partial charge in [0.15, 0.2) is 5.82 Å². The summed E-state index contributed by atoms with van der Waals surface area (Å²) in [7, 11) is 0. The molecule has 4 nitrogen and oxygen atoms in total. The fraction of sp³-hybridized carbons (Fsp3) is 0.100. The number of halogens is 1. The SMILES string of the molecule is ClCc1noc(/C=C/c2cccnc2)n1. The minimum atomic E-state index is 0.254. The van der Waals surface area contributed by atoms with Crippen molar-refractivity contribution in [3.05, 3.63) is 41.8 Å². The summed E-state index contributed by atoms with van der Waals surface area (Å²) in [6, 6.07) is 3.79. The smallest absolute Gasteiger partial charge is 0.250 e. The standard InChI is InChI=1S/C10H8ClN3O/c11-6-9-13-10(15-14-9)4-3-8-2-1-5-12-7-8/h1-5,7H,6H2/b4-3+. The lowest BCUT2D eigenvalue weighted by molar-refractivity contribution is 0.405. The van der Waals surface area contributed by atoms with E-state index in [1.807, 2.05) is 18.2 Å². The van der Waals surface area contributed by atoms with Gasteiger partial charge in [0.05, 0.1) is 5.88 Å². The largest absolute Gasteiger partial charge is 0.335 e. The molecule has 0 saturated heterocycles. The molecule has 0 fully saturated rings. The first-order chi connectivity index (χ1) is 7.38. The van der Waals surface area contributed by atoms with Gasteiger partial charge < -0.3 is 4.52 Å². The molecule has 0 N–H and O–H groups in total. The van der Waals surface area contributed by atoms with E-state index >= 15 is 0 Å². The van der Waals surface area contributed by atoms with E-state index in [2.05, 4.69) is 15.1 Å². The molecule has 0 bridgehead atoms. The second-order valence-corrected chi connectivity index (χ2v) is 3.07. The van der Waals surface area contributed by atoms with Crippen molar-refractivity contribution in [2.45, 2.75) is 5.88 Å². The van der Waals surface area contributed by atoms with Crippen molar-refractivity contribution in [1.29, 1.82) is 0 Å². The molecule has 0 amide bonds. The van der Waals surface area contributed by atoms with Crippen LogP contribution in [0.5, 0.6) is 0 Å². The fourth-order valence-electron chi connectivity index (χ4n) is 1.03. The van der Waals surface area contributed by atoms with Crippen molar-refractivity contribution >= 4 is 23.8 Å². The van der Waals surface area contributed by atoms with Crippen LogP contribution in [0.3, 0.4) is 0 Å². The van der Waals surface area contributed by atoms with Crippen LogP contribution in [0.25, 0.3) is 12.2 Å². The third kappa shape index (κ3) is 2.63. The molecule has 5 heteroatoms. The van der Waals surface area contributed by atoms with Crippen molar-refractivity contribution in [3.63, 3.8) is 0 Å². The summed E-state index contributed by atoms with van der Waals surface area (Å²) in [6.07, 6.45) is 7.03. The molecule has 2 heterocycles. The van der Waals surface area contributed by atoms with Crippen LogP contribution >= 0.6 is 11.6 Å². The number of hydrogen-bond acceptors (Lipinski definition) is 4. The average molecular weight is 222 g/mol. The topological polar surface area (TPSA) is 51.8 Å². The first kappa shape index (κ1) is 9.86. The Morgan fingerprint density at radius 1 is 1.40 bits per heavy atom. The van der Waals surface area contributed by atoms with E-state index in [4.69, 9.17) is 16.1 Å². The second kappa shape index (κ2) is 4.70. The van der Waals surface area contributed by atoms with E-state index in [1.54, 1.807) is 18.5 Å². The van der Waals surface area contributed by atoms with E-state index in [0.717, 1.165) is 5.56 Å². The molecule has 0 aliphatic heterocycles. The van der Waals surface area contributed by atoms with Gasteiger partial charge in [-0.25, -0.2) is 0 Å². The minimum Gasteiger partial charge on any atom is -0.335 e. The highest BCUT2D eigenvalue weighted by Crippen LogP contribution is 2.06. The molecule has 0 unspecified atom stereocenters. The first-order valence-electron chi connectivity index (χ1n) is 4.35. The summed E-state index contributed by atoms with van der Waals surface area (Å²) in [6.45, 7) is 0. The Morgan fingerprint density at radius 2 is 2.33 bits per heavy atom. The van der Waals surface area contributed by atoms with E-state index in [-0.39, 0.29) is 5.88 Å². The Balaban J connectivity index is 2.11. The zero-order valence-electron chi connectivity index (χ0n) is 7.80. The molecular formula is C10H8ClN3O. The van der Waals surface area contributed by atoms with Crippen molar-refractivity contribution in [2.24, 2.45) is 0 Å². The summed E-state index contributed by atoms with van der Waals surface area (Å²) < 4.78 is 4.92. The van der Waals surface area contributed by atoms with Crippen LogP contribution in [0.1, 0.15) is 17.3 Å². The second-order valence-electron chi connectivity index (χ2n) is 2.80. The zero-order chi connectivity index (χ0) is 10.5. The molecule has 76 valence electrons. The van der Waals surface area contributed by atoms with Gasteiger partial charge in [-0.1, -0.05) is 11.2 Å². The monoisotopic (exact) mass is 221 g/mol. The molecule has 2 rings (SSSR count). The van der Waals surface area contributed by atoms with Crippen molar-refractivity contribution < 1.29 is 4.52 Å². The van der Waals surface area contributed by atoms with Gasteiger partial charge in [-0.3, -0.25) is 4.98 Å². The summed E-state index contributed by atoms with van der Waals surface area (Å²) in [4.78, 5) is 8.01. The van der Waals surface area contributed by atoms with Gasteiger partial charge in [0.1, 0.15) is 0 Å². The molecule has 0 aliphatic carbocycles. The Hall–Kier alpha value is -1.68. The molecule has 2 aromatic rings. The van der Waals surface area contributed by atoms with Crippen LogP contribution in [0.15, 0.2) is 29.0 Å². The maximum atomic E-state index is 5.54. The average Bonchev–Trinajstić information content (AvgIpc) is 2.76. The first-order valence-corrected chi connectivity index (χ1v) is 4.88. The van der Waals surface area contributed by atoms with Gasteiger partial charge >= 0.3 is 0 Å². The lowest BCUT2D eigenvalue weighted by atomic mass is 10.2. The maximum Gasteiger partial charge on any atom is 0.250 e. The zero-order valence-corrected chi connectivity index (χ0v) is 8.55. The molecule has 0 aliphatic rings. The quantitative estimate of drug-likeness (QED) is 0.747. The van der Waals surface area contributed by atoms with Gasteiger partial charge in [0.25, 0.3) is 5.89 Å². The molecule has 2 aromatic heterocycles. The van der Waals surface area contributed by atoms with Crippen LogP contribution in [0.2, 0.25) is 0 Å². The number of aromatic nitrogens is 3. The molecule has 0 aromatic carbocycles. The molecular weight excluding hydrogens is 214 g/mol. The van der Waals surface area contributed by atoms with Crippen LogP contribution in [0, 0.1) is 0 Å². The summed E-state index contributed by atoms with van der Waals surface area (Å²) in [5, 5.41) is 3.66. The third-order valence-corrected chi connectivity index (χ3v) is 1.95. The van der Waals surface area contributed by atoms with Crippen LogP contribution < -0.4 is 0 Å². The maximum absolute atomic E-state index is 5.54. The van der Waals surface area contributed by atoms with Gasteiger partial charge in [0.2, 0.25) is 0 Å². The number of hydrogen-bond donors (Lipinski definition) is 0. The van der Waals surface area contributed by atoms with Gasteiger partial charge in [0, 0.05) is 18.5 Å². The Kier molecular flexibility index (Phi) is 3.09. The van der Waals surface area contributed by atoms with Crippen molar-refractivity contribution in [3.8, 4) is 0 Å². The van der Waals surface area contributed by atoms with E-state index in [0.29, 0.717) is 11.7 Å². The third-order valence-electron chi connectivity index (χ3n) is 1.71. The molecule has 0 spiro atoms. The van der Waals surface area contributed by atoms with E-state index < -0.39 is 0 Å². The van der Waals surface area contributed by atoms with Crippen molar-refractivity contribution in [1.82, 2.24) is 15.1 Å². The summed E-state index contributed by atoms with van der Waals surface area (Å²) >= 11 is 5.54. The lowest BCUT2D eigenvalue weighted by Gasteiger charge is -1.87. The van der Waals surface area contributed by atoms with Crippen LogP contribution in [-0.2, 0) is 5.88 Å². The highest BCUT2D eigenvalue weighted by Gasteiger charge is 2.00. The number of alkyl halides is 1. The predicted molar refractivity (Wildman–Crippen MR) is 57.0 cm³/mol. The molecule has 15 heavy (non-hydrogen) atoms. The lowest BCUT2D eigenvalue weighted by Crippen LogP contribution is -1.79. The minimum absolute atomic E-state index is 0.254. The normalized spacial score (nSPS) is 11.0. The predicted octanol–water partition coefficient (Wildman–Crippen LogP) is 2.37. The Morgan fingerprint density at radius 3 is 3.00 bits per heavy atom. The number of pyridine rings is 1. The van der Waals surface area contributed by atoms with Crippen LogP contribution in [0.4, 0.5) is 0 Å². The van der Waals surface area contributed by atoms with Gasteiger partial charge in [-0.05, 0) is 17.7 Å². The van der Waals surface area contributed by atoms with Gasteiger partial charge in [-0.15, -0.1) is 11.6 Å². The molecule has 0 atom stereocenters. The van der Waals surface area contributed by atoms with Crippen LogP contribution in [-0.4, -0.2) is 15.1 Å². The summed E-state index contributed by atoms with van der Waals surface area (Å²) in [5.74, 6) is 1.18. The molecule has 0 saturated carbocycles. The number of rotatable bonds is 3.